The minimum atomic E-state index is -0.218. The van der Waals surface area contributed by atoms with Crippen LogP contribution >= 0.6 is 0 Å². The highest BCUT2D eigenvalue weighted by atomic mass is 16.3. The van der Waals surface area contributed by atoms with Crippen molar-refractivity contribution in [2.75, 3.05) is 13.6 Å². The zero-order valence-electron chi connectivity index (χ0n) is 14.7. The van der Waals surface area contributed by atoms with Crippen molar-refractivity contribution in [2.24, 2.45) is 0 Å². The van der Waals surface area contributed by atoms with E-state index in [-0.39, 0.29) is 11.7 Å². The summed E-state index contributed by atoms with van der Waals surface area (Å²) in [6.07, 6.45) is 3.06. The molecule has 3 N–H and O–H groups in total. The van der Waals surface area contributed by atoms with Gasteiger partial charge in [-0.1, -0.05) is 30.3 Å². The van der Waals surface area contributed by atoms with Gasteiger partial charge >= 0.3 is 0 Å². The van der Waals surface area contributed by atoms with Crippen LogP contribution in [-0.4, -0.2) is 30.6 Å². The van der Waals surface area contributed by atoms with E-state index in [1.807, 2.05) is 30.3 Å². The fourth-order valence-electron chi connectivity index (χ4n) is 3.33. The van der Waals surface area contributed by atoms with Crippen LogP contribution < -0.4 is 10.6 Å². The summed E-state index contributed by atoms with van der Waals surface area (Å²) in [5, 5.41) is 17.3. The molecule has 26 heavy (non-hydrogen) atoms. The lowest BCUT2D eigenvalue weighted by Gasteiger charge is -2.09. The summed E-state index contributed by atoms with van der Waals surface area (Å²) in [7, 11) is 1.60. The maximum Gasteiger partial charge on any atom is 0.255 e. The highest BCUT2D eigenvalue weighted by molar-refractivity contribution is 6.12. The molecule has 1 saturated carbocycles. The third-order valence-corrected chi connectivity index (χ3v) is 4.81. The molecule has 5 heteroatoms. The molecule has 3 aromatic rings. The average Bonchev–Trinajstić information content (AvgIpc) is 3.41. The topological polar surface area (TPSA) is 74.5 Å². The van der Waals surface area contributed by atoms with E-state index in [1.165, 1.54) is 12.8 Å². The number of benzene rings is 2. The number of aromatic hydroxyl groups is 1. The Bertz CT molecular complexity index is 943. The molecule has 1 fully saturated rings. The van der Waals surface area contributed by atoms with E-state index < -0.39 is 0 Å². The molecule has 0 spiro atoms. The monoisotopic (exact) mass is 350 g/mol. The minimum absolute atomic E-state index is 0.195. The van der Waals surface area contributed by atoms with E-state index in [2.05, 4.69) is 10.6 Å². The molecule has 1 amide bonds. The molecule has 0 saturated heterocycles. The number of hydrogen-bond acceptors (Lipinski definition) is 4. The molecule has 5 nitrogen and oxygen atoms in total. The number of rotatable bonds is 6. The standard InChI is InChI=1S/C21H22N2O3/c1-22-21(25)19-18-15(11-12-23-14-7-8-14)16(24)9-10-17(18)26-20(19)13-5-3-2-4-6-13/h2-6,9-10,14,23-24H,7-8,11-12H2,1H3,(H,22,25). The Morgan fingerprint density at radius 2 is 1.96 bits per heavy atom. The van der Waals surface area contributed by atoms with Crippen LogP contribution in [0.4, 0.5) is 0 Å². The van der Waals surface area contributed by atoms with Gasteiger partial charge in [0.1, 0.15) is 17.1 Å². The van der Waals surface area contributed by atoms with Crippen LogP contribution in [0, 0.1) is 0 Å². The molecule has 1 aromatic heterocycles. The Labute approximate surface area is 152 Å². The van der Waals surface area contributed by atoms with Gasteiger partial charge in [-0.15, -0.1) is 0 Å². The molecule has 1 heterocycles. The zero-order valence-corrected chi connectivity index (χ0v) is 14.7. The molecule has 0 radical (unpaired) electrons. The van der Waals surface area contributed by atoms with Crippen LogP contribution in [-0.2, 0) is 6.42 Å². The normalized spacial score (nSPS) is 13.9. The molecule has 1 aliphatic rings. The first kappa shape index (κ1) is 16.7. The van der Waals surface area contributed by atoms with Crippen molar-refractivity contribution < 1.29 is 14.3 Å². The van der Waals surface area contributed by atoms with E-state index in [4.69, 9.17) is 4.42 Å². The minimum Gasteiger partial charge on any atom is -0.508 e. The summed E-state index contributed by atoms with van der Waals surface area (Å²) in [5.74, 6) is 0.507. The smallest absolute Gasteiger partial charge is 0.255 e. The lowest BCUT2D eigenvalue weighted by Crippen LogP contribution is -2.20. The maximum absolute atomic E-state index is 12.7. The number of phenols is 1. The molecular weight excluding hydrogens is 328 g/mol. The van der Waals surface area contributed by atoms with Gasteiger partial charge in [-0.05, 0) is 37.9 Å². The van der Waals surface area contributed by atoms with E-state index >= 15 is 0 Å². The predicted octanol–water partition coefficient (Wildman–Crippen LogP) is 3.46. The van der Waals surface area contributed by atoms with E-state index in [0.29, 0.717) is 34.8 Å². The number of furan rings is 1. The second-order valence-corrected chi connectivity index (χ2v) is 6.67. The molecule has 134 valence electrons. The average molecular weight is 350 g/mol. The Kier molecular flexibility index (Phi) is 4.39. The quantitative estimate of drug-likeness (QED) is 0.636. The number of phenolic OH excluding ortho intramolecular Hbond substituents is 1. The van der Waals surface area contributed by atoms with Gasteiger partial charge in [0.15, 0.2) is 0 Å². The Balaban J connectivity index is 1.86. The first-order valence-electron chi connectivity index (χ1n) is 8.97. The van der Waals surface area contributed by atoms with Gasteiger partial charge in [0.25, 0.3) is 5.91 Å². The first-order valence-corrected chi connectivity index (χ1v) is 8.97. The van der Waals surface area contributed by atoms with Gasteiger partial charge in [0, 0.05) is 29.6 Å². The van der Waals surface area contributed by atoms with Gasteiger partial charge in [-0.25, -0.2) is 0 Å². The third kappa shape index (κ3) is 3.06. The largest absolute Gasteiger partial charge is 0.508 e. The Morgan fingerprint density at radius 3 is 2.65 bits per heavy atom. The number of carbonyl (C=O) groups excluding carboxylic acids is 1. The lowest BCUT2D eigenvalue weighted by atomic mass is 9.98. The molecule has 0 atom stereocenters. The van der Waals surface area contributed by atoms with Crippen LogP contribution in [0.1, 0.15) is 28.8 Å². The van der Waals surface area contributed by atoms with Crippen LogP contribution in [0.15, 0.2) is 46.9 Å². The van der Waals surface area contributed by atoms with Gasteiger partial charge in [0.2, 0.25) is 0 Å². The number of carbonyl (C=O) groups is 1. The van der Waals surface area contributed by atoms with Crippen molar-refractivity contribution in [2.45, 2.75) is 25.3 Å². The van der Waals surface area contributed by atoms with Crippen molar-refractivity contribution in [3.63, 3.8) is 0 Å². The van der Waals surface area contributed by atoms with Crippen LogP contribution in [0.25, 0.3) is 22.3 Å². The number of hydrogen-bond donors (Lipinski definition) is 3. The summed E-state index contributed by atoms with van der Waals surface area (Å²) in [6.45, 7) is 0.760. The SMILES string of the molecule is CNC(=O)c1c(-c2ccccc2)oc2ccc(O)c(CCNC3CC3)c12. The van der Waals surface area contributed by atoms with Crippen LogP contribution in [0.3, 0.4) is 0 Å². The lowest BCUT2D eigenvalue weighted by molar-refractivity contribution is 0.0964. The van der Waals surface area contributed by atoms with Gasteiger partial charge < -0.3 is 20.2 Å². The predicted molar refractivity (Wildman–Crippen MR) is 101 cm³/mol. The summed E-state index contributed by atoms with van der Waals surface area (Å²) < 4.78 is 6.05. The van der Waals surface area contributed by atoms with Gasteiger partial charge in [-0.2, -0.15) is 0 Å². The second-order valence-electron chi connectivity index (χ2n) is 6.67. The number of nitrogens with one attached hydrogen (secondary N) is 2. The molecule has 1 aliphatic carbocycles. The van der Waals surface area contributed by atoms with Gasteiger partial charge in [0.05, 0.1) is 5.56 Å². The Morgan fingerprint density at radius 1 is 1.19 bits per heavy atom. The van der Waals surface area contributed by atoms with E-state index in [1.54, 1.807) is 19.2 Å². The van der Waals surface area contributed by atoms with Gasteiger partial charge in [-0.3, -0.25) is 4.79 Å². The summed E-state index contributed by atoms with van der Waals surface area (Å²) in [5.41, 5.74) is 2.68. The highest BCUT2D eigenvalue weighted by Gasteiger charge is 2.25. The molecule has 4 rings (SSSR count). The number of amides is 1. The summed E-state index contributed by atoms with van der Waals surface area (Å²) in [6, 6.07) is 13.5. The highest BCUT2D eigenvalue weighted by Crippen LogP contribution is 2.38. The van der Waals surface area contributed by atoms with Crippen molar-refractivity contribution in [3.05, 3.63) is 53.6 Å². The van der Waals surface area contributed by atoms with Crippen LogP contribution in [0.2, 0.25) is 0 Å². The maximum atomic E-state index is 12.7. The molecule has 0 aliphatic heterocycles. The first-order chi connectivity index (χ1) is 12.7. The molecule has 0 bridgehead atoms. The zero-order chi connectivity index (χ0) is 18.1. The van der Waals surface area contributed by atoms with E-state index in [0.717, 1.165) is 17.7 Å². The third-order valence-electron chi connectivity index (χ3n) is 4.81. The van der Waals surface area contributed by atoms with Crippen molar-refractivity contribution in [3.8, 4) is 17.1 Å². The number of fused-ring (bicyclic) bond motifs is 1. The van der Waals surface area contributed by atoms with Crippen molar-refractivity contribution in [1.82, 2.24) is 10.6 Å². The molecular formula is C21H22N2O3. The second kappa shape index (κ2) is 6.84. The molecule has 2 aromatic carbocycles. The van der Waals surface area contributed by atoms with Crippen LogP contribution in [0.5, 0.6) is 5.75 Å². The fraction of sp³-hybridized carbons (Fsp3) is 0.286. The Hall–Kier alpha value is -2.79. The van der Waals surface area contributed by atoms with E-state index in [9.17, 15) is 9.90 Å². The summed E-state index contributed by atoms with van der Waals surface area (Å²) in [4.78, 5) is 12.7. The summed E-state index contributed by atoms with van der Waals surface area (Å²) >= 11 is 0. The molecule has 0 unspecified atom stereocenters. The fourth-order valence-corrected chi connectivity index (χ4v) is 3.33. The van der Waals surface area contributed by atoms with Crippen molar-refractivity contribution >= 4 is 16.9 Å². The van der Waals surface area contributed by atoms with Crippen molar-refractivity contribution in [1.29, 1.82) is 0 Å².